The number of nitrogens with zero attached hydrogens (tertiary/aromatic N) is 1. The van der Waals surface area contributed by atoms with E-state index in [1.807, 2.05) is 60.7 Å². The molecule has 0 aliphatic carbocycles. The molecule has 1 saturated heterocycles. The van der Waals surface area contributed by atoms with E-state index in [0.717, 1.165) is 30.5 Å². The first-order valence-corrected chi connectivity index (χ1v) is 7.26. The van der Waals surface area contributed by atoms with Crippen molar-refractivity contribution in [1.82, 2.24) is 4.90 Å². The Morgan fingerprint density at radius 1 is 0.950 bits per heavy atom. The van der Waals surface area contributed by atoms with Crippen molar-refractivity contribution in [2.45, 2.75) is 24.5 Å². The summed E-state index contributed by atoms with van der Waals surface area (Å²) in [6.45, 7) is 1.05. The quantitative estimate of drug-likeness (QED) is 0.924. The molecule has 1 aliphatic heterocycles. The van der Waals surface area contributed by atoms with Gasteiger partial charge in [0.15, 0.2) is 0 Å². The number of benzene rings is 2. The molecule has 1 N–H and O–H groups in total. The fourth-order valence-corrected chi connectivity index (χ4v) is 3.37. The van der Waals surface area contributed by atoms with Crippen LogP contribution in [0.2, 0.25) is 0 Å². The lowest BCUT2D eigenvalue weighted by molar-refractivity contribution is 0.00469. The lowest BCUT2D eigenvalue weighted by Crippen LogP contribution is -2.46. The molecule has 2 heteroatoms. The number of hydrogen-bond donors (Lipinski definition) is 1. The smallest absolute Gasteiger partial charge is 0.130 e. The maximum Gasteiger partial charge on any atom is 0.130 e. The van der Waals surface area contributed by atoms with Gasteiger partial charge in [-0.1, -0.05) is 60.7 Å². The van der Waals surface area contributed by atoms with Gasteiger partial charge in [0.2, 0.25) is 0 Å². The van der Waals surface area contributed by atoms with Crippen LogP contribution >= 0.6 is 0 Å². The predicted molar refractivity (Wildman–Crippen MR) is 81.5 cm³/mol. The largest absolute Gasteiger partial charge is 0.379 e. The molecule has 2 nitrogen and oxygen atoms in total. The van der Waals surface area contributed by atoms with Gasteiger partial charge in [-0.05, 0) is 37.6 Å². The number of likely N-dealkylation sites (tertiary alicyclic amines) is 1. The summed E-state index contributed by atoms with van der Waals surface area (Å²) in [6, 6.07) is 20.2. The minimum Gasteiger partial charge on any atom is -0.379 e. The van der Waals surface area contributed by atoms with Crippen LogP contribution in [0.15, 0.2) is 60.7 Å². The Hall–Kier alpha value is -1.64. The van der Waals surface area contributed by atoms with Gasteiger partial charge in [0.1, 0.15) is 5.60 Å². The molecule has 0 aromatic heterocycles. The fourth-order valence-electron chi connectivity index (χ4n) is 3.37. The molecule has 0 bridgehead atoms. The van der Waals surface area contributed by atoms with Gasteiger partial charge in [0.25, 0.3) is 0 Å². The van der Waals surface area contributed by atoms with Gasteiger partial charge in [0.05, 0.1) is 0 Å². The maximum atomic E-state index is 11.6. The average molecular weight is 267 g/mol. The van der Waals surface area contributed by atoms with Gasteiger partial charge in [-0.25, -0.2) is 0 Å². The molecule has 0 saturated carbocycles. The topological polar surface area (TPSA) is 23.5 Å². The zero-order valence-corrected chi connectivity index (χ0v) is 11.9. The van der Waals surface area contributed by atoms with Crippen LogP contribution in [0.25, 0.3) is 0 Å². The highest BCUT2D eigenvalue weighted by atomic mass is 16.3. The van der Waals surface area contributed by atoms with Crippen molar-refractivity contribution >= 4 is 0 Å². The molecular weight excluding hydrogens is 246 g/mol. The summed E-state index contributed by atoms with van der Waals surface area (Å²) in [4.78, 5) is 2.28. The van der Waals surface area contributed by atoms with Crippen LogP contribution in [0.1, 0.15) is 24.0 Å². The summed E-state index contributed by atoms with van der Waals surface area (Å²) in [5.41, 5.74) is 1.02. The Labute approximate surface area is 120 Å². The van der Waals surface area contributed by atoms with Crippen molar-refractivity contribution in [2.24, 2.45) is 0 Å². The van der Waals surface area contributed by atoms with Crippen molar-refractivity contribution in [3.05, 3.63) is 71.8 Å². The molecule has 20 heavy (non-hydrogen) atoms. The first-order chi connectivity index (χ1) is 9.73. The monoisotopic (exact) mass is 267 g/mol. The van der Waals surface area contributed by atoms with Crippen molar-refractivity contribution < 1.29 is 5.11 Å². The second kappa shape index (κ2) is 5.39. The van der Waals surface area contributed by atoms with Gasteiger partial charge >= 0.3 is 0 Å². The van der Waals surface area contributed by atoms with Crippen LogP contribution in [0.5, 0.6) is 0 Å². The SMILES string of the molecule is CN1CCC[C@@H]1C(O)(c1ccccc1)c1ccccc1. The van der Waals surface area contributed by atoms with Crippen LogP contribution in [0.3, 0.4) is 0 Å². The molecule has 2 aromatic rings. The number of aliphatic hydroxyl groups is 1. The molecule has 0 amide bonds. The summed E-state index contributed by atoms with van der Waals surface area (Å²) in [5, 5.41) is 11.6. The van der Waals surface area contributed by atoms with Gasteiger partial charge in [-0.3, -0.25) is 4.90 Å². The minimum atomic E-state index is -0.937. The first kappa shape index (κ1) is 13.3. The second-order valence-electron chi connectivity index (χ2n) is 5.64. The average Bonchev–Trinajstić information content (AvgIpc) is 2.95. The maximum absolute atomic E-state index is 11.6. The van der Waals surface area contributed by atoms with E-state index in [1.54, 1.807) is 0 Å². The van der Waals surface area contributed by atoms with Crippen LogP contribution in [0.4, 0.5) is 0 Å². The van der Waals surface area contributed by atoms with E-state index < -0.39 is 5.60 Å². The Morgan fingerprint density at radius 3 is 1.85 bits per heavy atom. The van der Waals surface area contributed by atoms with Crippen LogP contribution in [-0.4, -0.2) is 29.6 Å². The third kappa shape index (κ3) is 2.15. The number of hydrogen-bond acceptors (Lipinski definition) is 2. The van der Waals surface area contributed by atoms with Crippen molar-refractivity contribution in [2.75, 3.05) is 13.6 Å². The summed E-state index contributed by atoms with van der Waals surface area (Å²) in [7, 11) is 2.11. The van der Waals surface area contributed by atoms with Gasteiger partial charge in [-0.15, -0.1) is 0 Å². The highest BCUT2D eigenvalue weighted by molar-refractivity contribution is 5.38. The molecule has 0 spiro atoms. The second-order valence-corrected chi connectivity index (χ2v) is 5.64. The number of likely N-dealkylation sites (N-methyl/N-ethyl adjacent to an activating group) is 1. The lowest BCUT2D eigenvalue weighted by atomic mass is 9.79. The van der Waals surface area contributed by atoms with Crippen LogP contribution in [0, 0.1) is 0 Å². The molecule has 1 fully saturated rings. The summed E-state index contributed by atoms with van der Waals surface area (Å²) in [5.74, 6) is 0. The van der Waals surface area contributed by atoms with Crippen LogP contribution in [-0.2, 0) is 5.60 Å². The molecule has 3 rings (SSSR count). The zero-order valence-electron chi connectivity index (χ0n) is 11.9. The highest BCUT2D eigenvalue weighted by Crippen LogP contribution is 2.39. The van der Waals surface area contributed by atoms with E-state index in [-0.39, 0.29) is 6.04 Å². The Bertz CT molecular complexity index is 513. The molecule has 1 heterocycles. The highest BCUT2D eigenvalue weighted by Gasteiger charge is 2.43. The van der Waals surface area contributed by atoms with Crippen molar-refractivity contribution in [3.63, 3.8) is 0 Å². The third-order valence-electron chi connectivity index (χ3n) is 4.43. The first-order valence-electron chi connectivity index (χ1n) is 7.26. The van der Waals surface area contributed by atoms with E-state index in [0.29, 0.717) is 0 Å². The lowest BCUT2D eigenvalue weighted by Gasteiger charge is -2.38. The molecule has 1 atom stereocenters. The van der Waals surface area contributed by atoms with E-state index in [4.69, 9.17) is 0 Å². The van der Waals surface area contributed by atoms with E-state index >= 15 is 0 Å². The van der Waals surface area contributed by atoms with Gasteiger partial charge < -0.3 is 5.11 Å². The third-order valence-corrected chi connectivity index (χ3v) is 4.43. The van der Waals surface area contributed by atoms with Crippen LogP contribution < -0.4 is 0 Å². The van der Waals surface area contributed by atoms with Crippen molar-refractivity contribution in [1.29, 1.82) is 0 Å². The Kier molecular flexibility index (Phi) is 3.60. The normalized spacial score (nSPS) is 20.2. The molecule has 0 radical (unpaired) electrons. The summed E-state index contributed by atoms with van der Waals surface area (Å²) < 4.78 is 0. The Morgan fingerprint density at radius 2 is 1.45 bits per heavy atom. The van der Waals surface area contributed by atoms with Crippen molar-refractivity contribution in [3.8, 4) is 0 Å². The zero-order chi connectivity index (χ0) is 14.0. The van der Waals surface area contributed by atoms with Gasteiger partial charge in [0, 0.05) is 6.04 Å². The standard InChI is InChI=1S/C18H21NO/c1-19-14-8-13-17(19)18(20,15-9-4-2-5-10-15)16-11-6-3-7-12-16/h2-7,9-12,17,20H,8,13-14H2,1H3/t17-/m1/s1. The molecule has 0 unspecified atom stereocenters. The van der Waals surface area contributed by atoms with E-state index in [1.165, 1.54) is 0 Å². The summed E-state index contributed by atoms with van der Waals surface area (Å²) >= 11 is 0. The predicted octanol–water partition coefficient (Wildman–Crippen LogP) is 3.02. The molecule has 2 aromatic carbocycles. The van der Waals surface area contributed by atoms with E-state index in [2.05, 4.69) is 11.9 Å². The molecular formula is C18H21NO. The summed E-state index contributed by atoms with van der Waals surface area (Å²) in [6.07, 6.45) is 2.17. The fraction of sp³-hybridized carbons (Fsp3) is 0.333. The molecule has 1 aliphatic rings. The van der Waals surface area contributed by atoms with Gasteiger partial charge in [-0.2, -0.15) is 0 Å². The molecule has 104 valence electrons. The Balaban J connectivity index is 2.13. The number of rotatable bonds is 3. The minimum absolute atomic E-state index is 0.132. The van der Waals surface area contributed by atoms with E-state index in [9.17, 15) is 5.11 Å².